The number of nitrogens with zero attached hydrogens (tertiary/aromatic N) is 1. The van der Waals surface area contributed by atoms with E-state index in [4.69, 9.17) is 4.74 Å². The molecule has 1 aliphatic rings. The number of rotatable bonds is 5. The van der Waals surface area contributed by atoms with Gasteiger partial charge in [0, 0.05) is 6.54 Å². The molecule has 1 aromatic carbocycles. The largest absolute Gasteiger partial charge is 0.534 e. The highest BCUT2D eigenvalue weighted by Gasteiger charge is 2.49. The Hall–Kier alpha value is -2.50. The summed E-state index contributed by atoms with van der Waals surface area (Å²) in [6.07, 6.45) is 0.770. The Morgan fingerprint density at radius 1 is 1.22 bits per heavy atom. The van der Waals surface area contributed by atoms with Gasteiger partial charge in [0.05, 0.1) is 19.8 Å². The topological polar surface area (TPSA) is 99.2 Å². The van der Waals surface area contributed by atoms with E-state index in [1.54, 1.807) is 0 Å². The third kappa shape index (κ3) is 4.26. The van der Waals surface area contributed by atoms with Crippen LogP contribution in [-0.4, -0.2) is 57.5 Å². The first-order chi connectivity index (χ1) is 12.5. The van der Waals surface area contributed by atoms with E-state index < -0.39 is 44.9 Å². The van der Waals surface area contributed by atoms with Crippen molar-refractivity contribution in [1.82, 2.24) is 4.90 Å². The van der Waals surface area contributed by atoms with Crippen LogP contribution < -0.4 is 8.92 Å². The Labute approximate surface area is 152 Å². The third-order valence-corrected chi connectivity index (χ3v) is 4.85. The number of carbonyl (C=O) groups is 2. The Morgan fingerprint density at radius 3 is 2.44 bits per heavy atom. The summed E-state index contributed by atoms with van der Waals surface area (Å²) in [7, 11) is -3.60. The molecule has 1 heterocycles. The van der Waals surface area contributed by atoms with Crippen molar-refractivity contribution in [1.29, 1.82) is 0 Å². The van der Waals surface area contributed by atoms with Crippen LogP contribution in [0, 0.1) is 0 Å². The summed E-state index contributed by atoms with van der Waals surface area (Å²) in [5.74, 6) is -2.30. The molecule has 0 bridgehead atoms. The lowest BCUT2D eigenvalue weighted by Crippen LogP contribution is -2.41. The van der Waals surface area contributed by atoms with Gasteiger partial charge >= 0.3 is 21.6 Å². The highest BCUT2D eigenvalue weighted by Crippen LogP contribution is 2.33. The molecule has 2 rings (SSSR count). The Morgan fingerprint density at radius 2 is 1.89 bits per heavy atom. The lowest BCUT2D eigenvalue weighted by Gasteiger charge is -2.24. The molecule has 0 aliphatic carbocycles. The lowest BCUT2D eigenvalue weighted by atomic mass is 10.1. The zero-order valence-electron chi connectivity index (χ0n) is 14.3. The van der Waals surface area contributed by atoms with Crippen LogP contribution in [0.4, 0.5) is 13.2 Å². The SMILES string of the molecule is COC(=O)[C@@H]1CCCN1C(=O)c1cc(OC)ccc1OS(=O)(=O)C(F)(F)F. The number of methoxy groups -OCH3 is 2. The van der Waals surface area contributed by atoms with Crippen LogP contribution in [0.15, 0.2) is 18.2 Å². The van der Waals surface area contributed by atoms with E-state index in [1.165, 1.54) is 7.11 Å². The minimum absolute atomic E-state index is 0.0870. The van der Waals surface area contributed by atoms with Crippen molar-refractivity contribution in [2.75, 3.05) is 20.8 Å². The number of benzene rings is 1. The van der Waals surface area contributed by atoms with E-state index in [2.05, 4.69) is 8.92 Å². The number of carbonyl (C=O) groups excluding carboxylic acids is 2. The molecule has 0 unspecified atom stereocenters. The molecule has 1 aromatic rings. The van der Waals surface area contributed by atoms with Crippen LogP contribution in [0.2, 0.25) is 0 Å². The van der Waals surface area contributed by atoms with Crippen molar-refractivity contribution in [3.8, 4) is 11.5 Å². The molecule has 0 aromatic heterocycles. The van der Waals surface area contributed by atoms with Gasteiger partial charge < -0.3 is 18.6 Å². The number of esters is 1. The quantitative estimate of drug-likeness (QED) is 0.413. The van der Waals surface area contributed by atoms with Crippen LogP contribution in [0.3, 0.4) is 0 Å². The van der Waals surface area contributed by atoms with Crippen molar-refractivity contribution in [3.05, 3.63) is 23.8 Å². The Kier molecular flexibility index (Phi) is 5.88. The minimum Gasteiger partial charge on any atom is -0.497 e. The molecule has 12 heteroatoms. The van der Waals surface area contributed by atoms with E-state index in [-0.39, 0.29) is 12.3 Å². The predicted octanol–water partition coefficient (Wildman–Crippen LogP) is 1.70. The maximum absolute atomic E-state index is 12.8. The van der Waals surface area contributed by atoms with Crippen LogP contribution in [0.1, 0.15) is 23.2 Å². The zero-order valence-corrected chi connectivity index (χ0v) is 15.1. The molecular formula is C15H16F3NO7S. The molecule has 1 aliphatic heterocycles. The molecule has 150 valence electrons. The number of hydrogen-bond donors (Lipinski definition) is 0. The minimum atomic E-state index is -5.99. The highest BCUT2D eigenvalue weighted by atomic mass is 32.2. The Bertz CT molecular complexity index is 838. The number of ether oxygens (including phenoxy) is 2. The second-order valence-corrected chi connectivity index (χ2v) is 7.06. The second kappa shape index (κ2) is 7.62. The zero-order chi connectivity index (χ0) is 20.4. The first-order valence-electron chi connectivity index (χ1n) is 7.59. The summed E-state index contributed by atoms with van der Waals surface area (Å²) in [5, 5.41) is 0. The number of likely N-dealkylation sites (tertiary alicyclic amines) is 1. The molecule has 0 N–H and O–H groups in total. The van der Waals surface area contributed by atoms with Crippen molar-refractivity contribution >= 4 is 22.0 Å². The maximum atomic E-state index is 12.8. The molecule has 27 heavy (non-hydrogen) atoms. The summed E-state index contributed by atoms with van der Waals surface area (Å²) in [4.78, 5) is 25.7. The summed E-state index contributed by atoms with van der Waals surface area (Å²) in [5.41, 5.74) is -6.16. The van der Waals surface area contributed by atoms with Gasteiger partial charge in [-0.25, -0.2) is 4.79 Å². The van der Waals surface area contributed by atoms with Gasteiger partial charge in [0.25, 0.3) is 5.91 Å². The van der Waals surface area contributed by atoms with Gasteiger partial charge in [-0.05, 0) is 31.0 Å². The van der Waals surface area contributed by atoms with Gasteiger partial charge in [-0.1, -0.05) is 0 Å². The average molecular weight is 411 g/mol. The van der Waals surface area contributed by atoms with Crippen molar-refractivity contribution in [3.63, 3.8) is 0 Å². The summed E-state index contributed by atoms with van der Waals surface area (Å²) >= 11 is 0. The van der Waals surface area contributed by atoms with Gasteiger partial charge in [0.1, 0.15) is 11.8 Å². The first kappa shape index (κ1) is 20.8. The lowest BCUT2D eigenvalue weighted by molar-refractivity contribution is -0.145. The number of amides is 1. The van der Waals surface area contributed by atoms with Crippen molar-refractivity contribution in [2.45, 2.75) is 24.4 Å². The van der Waals surface area contributed by atoms with Crippen molar-refractivity contribution in [2.24, 2.45) is 0 Å². The molecule has 0 radical (unpaired) electrons. The fourth-order valence-electron chi connectivity index (χ4n) is 2.59. The standard InChI is InChI=1S/C15H16F3NO7S/c1-24-9-5-6-12(26-27(22,23)15(16,17)18)10(8-9)13(20)19-7-3-4-11(19)14(21)25-2/h5-6,8,11H,3-4,7H2,1-2H3/t11-/m0/s1. The summed E-state index contributed by atoms with van der Waals surface area (Å²) in [6.45, 7) is 0.140. The summed E-state index contributed by atoms with van der Waals surface area (Å²) in [6, 6.07) is 2.12. The first-order valence-corrected chi connectivity index (χ1v) is 9.00. The number of hydrogen-bond acceptors (Lipinski definition) is 7. The molecule has 1 amide bonds. The van der Waals surface area contributed by atoms with E-state index in [1.807, 2.05) is 0 Å². The third-order valence-electron chi connectivity index (χ3n) is 3.89. The Balaban J connectivity index is 2.45. The van der Waals surface area contributed by atoms with E-state index in [9.17, 15) is 31.2 Å². The molecule has 0 spiro atoms. The van der Waals surface area contributed by atoms with Gasteiger partial charge in [0.2, 0.25) is 0 Å². The van der Waals surface area contributed by atoms with Crippen molar-refractivity contribution < 1.29 is 44.8 Å². The average Bonchev–Trinajstić information content (AvgIpc) is 3.09. The summed E-state index contributed by atoms with van der Waals surface area (Å²) < 4.78 is 74.2. The van der Waals surface area contributed by atoms with E-state index >= 15 is 0 Å². The maximum Gasteiger partial charge on any atom is 0.534 e. The molecule has 1 saturated heterocycles. The number of halogens is 3. The van der Waals surface area contributed by atoms with Crippen LogP contribution in [-0.2, 0) is 19.6 Å². The van der Waals surface area contributed by atoms with Crippen LogP contribution in [0.25, 0.3) is 0 Å². The van der Waals surface area contributed by atoms with Gasteiger partial charge in [0.15, 0.2) is 5.75 Å². The molecule has 1 atom stereocenters. The van der Waals surface area contributed by atoms with Gasteiger partial charge in [-0.3, -0.25) is 4.79 Å². The molecule has 1 fully saturated rings. The predicted molar refractivity (Wildman–Crippen MR) is 84.7 cm³/mol. The van der Waals surface area contributed by atoms with Crippen LogP contribution in [0.5, 0.6) is 11.5 Å². The highest BCUT2D eigenvalue weighted by molar-refractivity contribution is 7.88. The molecule has 0 saturated carbocycles. The fourth-order valence-corrected chi connectivity index (χ4v) is 3.06. The molecular weight excluding hydrogens is 395 g/mol. The smallest absolute Gasteiger partial charge is 0.497 e. The normalized spacial score (nSPS) is 17.5. The van der Waals surface area contributed by atoms with E-state index in [0.717, 1.165) is 30.2 Å². The monoisotopic (exact) mass is 411 g/mol. The second-order valence-electron chi connectivity index (χ2n) is 5.53. The molecule has 8 nitrogen and oxygen atoms in total. The van der Waals surface area contributed by atoms with Crippen LogP contribution >= 0.6 is 0 Å². The van der Waals surface area contributed by atoms with Gasteiger partial charge in [-0.2, -0.15) is 21.6 Å². The number of alkyl halides is 3. The fraction of sp³-hybridized carbons (Fsp3) is 0.467. The van der Waals surface area contributed by atoms with E-state index in [0.29, 0.717) is 12.8 Å². The van der Waals surface area contributed by atoms with Gasteiger partial charge in [-0.15, -0.1) is 0 Å².